The van der Waals surface area contributed by atoms with E-state index in [9.17, 15) is 4.79 Å². The third-order valence-electron chi connectivity index (χ3n) is 5.77. The van der Waals surface area contributed by atoms with E-state index in [0.717, 1.165) is 25.9 Å². The fraction of sp³-hybridized carbons (Fsp3) is 0.632. The molecule has 0 radical (unpaired) electrons. The van der Waals surface area contributed by atoms with Crippen molar-refractivity contribution < 1.29 is 18.5 Å². The maximum Gasteiger partial charge on any atom is 0.497 e. The molecule has 26 heavy (non-hydrogen) atoms. The molecule has 0 atom stereocenters. The molecule has 0 aliphatic carbocycles. The predicted octanol–water partition coefficient (Wildman–Crippen LogP) is 2.08. The van der Waals surface area contributed by atoms with Gasteiger partial charge in [0.25, 0.3) is 5.91 Å². The largest absolute Gasteiger partial charge is 0.497 e. The minimum Gasteiger partial charge on any atom is -0.399 e. The lowest BCUT2D eigenvalue weighted by molar-refractivity contribution is 0.00578. The summed E-state index contributed by atoms with van der Waals surface area (Å²) in [6.45, 7) is 10.1. The van der Waals surface area contributed by atoms with Crippen molar-refractivity contribution in [3.05, 3.63) is 29.1 Å². The van der Waals surface area contributed by atoms with Gasteiger partial charge in [-0.1, -0.05) is 0 Å². The monoisotopic (exact) mass is 362 g/mol. The van der Waals surface area contributed by atoms with Gasteiger partial charge < -0.3 is 14.6 Å². The molecular formula is C19H28BFN2O3. The number of rotatable bonds is 4. The summed E-state index contributed by atoms with van der Waals surface area (Å²) in [5, 5.41) is 2.62. The first-order chi connectivity index (χ1) is 12.1. The first-order valence-electron chi connectivity index (χ1n) is 9.27. The number of benzene rings is 1. The average Bonchev–Trinajstić information content (AvgIpc) is 3.14. The molecule has 2 heterocycles. The lowest BCUT2D eigenvalue weighted by Gasteiger charge is -2.32. The molecule has 0 unspecified atom stereocenters. The van der Waals surface area contributed by atoms with Crippen molar-refractivity contribution in [1.82, 2.24) is 10.2 Å². The second-order valence-corrected chi connectivity index (χ2v) is 8.19. The van der Waals surface area contributed by atoms with Crippen molar-refractivity contribution >= 4 is 18.5 Å². The fourth-order valence-corrected chi connectivity index (χ4v) is 3.42. The Morgan fingerprint density at radius 1 is 1.19 bits per heavy atom. The fourth-order valence-electron chi connectivity index (χ4n) is 3.42. The van der Waals surface area contributed by atoms with Gasteiger partial charge in [-0.2, -0.15) is 0 Å². The molecule has 2 saturated heterocycles. The van der Waals surface area contributed by atoms with Crippen LogP contribution in [0.3, 0.4) is 0 Å². The maximum absolute atomic E-state index is 15.3. The zero-order valence-electron chi connectivity index (χ0n) is 16.3. The van der Waals surface area contributed by atoms with Gasteiger partial charge in [-0.15, -0.1) is 0 Å². The Bertz CT molecular complexity index is 686. The van der Waals surface area contributed by atoms with Crippen molar-refractivity contribution in [3.63, 3.8) is 0 Å². The van der Waals surface area contributed by atoms with Crippen molar-refractivity contribution in [2.24, 2.45) is 0 Å². The van der Waals surface area contributed by atoms with Gasteiger partial charge in [0.1, 0.15) is 5.82 Å². The highest BCUT2D eigenvalue weighted by Gasteiger charge is 2.52. The summed E-state index contributed by atoms with van der Waals surface area (Å²) in [4.78, 5) is 14.4. The molecule has 3 rings (SSSR count). The minimum absolute atomic E-state index is 0.245. The molecule has 0 aromatic heterocycles. The van der Waals surface area contributed by atoms with Gasteiger partial charge in [-0.25, -0.2) is 4.39 Å². The minimum atomic E-state index is -0.832. The Hall–Kier alpha value is -1.44. The molecule has 0 bridgehead atoms. The molecule has 0 saturated carbocycles. The molecule has 7 heteroatoms. The predicted molar refractivity (Wildman–Crippen MR) is 100 cm³/mol. The lowest BCUT2D eigenvalue weighted by Crippen LogP contribution is -2.41. The van der Waals surface area contributed by atoms with Gasteiger partial charge in [0, 0.05) is 30.2 Å². The highest BCUT2D eigenvalue weighted by molar-refractivity contribution is 6.62. The molecular weight excluding hydrogens is 334 g/mol. The molecule has 1 N–H and O–H groups in total. The SMILES string of the molecule is CNC(=O)c1cc(CN2CCCC2)c(F)c(B2OC(C)(C)C(C)(C)O2)c1. The van der Waals surface area contributed by atoms with Crippen LogP contribution in [0.4, 0.5) is 4.39 Å². The van der Waals surface area contributed by atoms with Gasteiger partial charge in [-0.3, -0.25) is 9.69 Å². The smallest absolute Gasteiger partial charge is 0.399 e. The Labute approximate surface area is 155 Å². The summed E-state index contributed by atoms with van der Waals surface area (Å²) < 4.78 is 27.3. The third-order valence-corrected chi connectivity index (χ3v) is 5.77. The standard InChI is InChI=1S/C19H28BFN2O3/c1-18(2)19(3,4)26-20(25-18)15-11-13(17(24)22-5)10-14(16(15)21)12-23-8-6-7-9-23/h10-11H,6-9,12H2,1-5H3,(H,22,24). The Kier molecular flexibility index (Phi) is 5.16. The number of halogens is 1. The van der Waals surface area contributed by atoms with E-state index in [1.807, 2.05) is 27.7 Å². The summed E-state index contributed by atoms with van der Waals surface area (Å²) >= 11 is 0. The van der Waals surface area contributed by atoms with Crippen LogP contribution in [0.15, 0.2) is 12.1 Å². The third kappa shape index (κ3) is 3.52. The van der Waals surface area contributed by atoms with Gasteiger partial charge in [0.15, 0.2) is 0 Å². The van der Waals surface area contributed by atoms with Crippen LogP contribution in [0.5, 0.6) is 0 Å². The summed E-state index contributed by atoms with van der Waals surface area (Å²) in [6.07, 6.45) is 2.25. The van der Waals surface area contributed by atoms with Crippen LogP contribution in [0.2, 0.25) is 0 Å². The molecule has 5 nitrogen and oxygen atoms in total. The number of likely N-dealkylation sites (tertiary alicyclic amines) is 1. The molecule has 1 aromatic rings. The van der Waals surface area contributed by atoms with Gasteiger partial charge in [0.05, 0.1) is 11.2 Å². The van der Waals surface area contributed by atoms with Crippen molar-refractivity contribution in [3.8, 4) is 0 Å². The Balaban J connectivity index is 1.99. The van der Waals surface area contributed by atoms with Crippen LogP contribution < -0.4 is 10.8 Å². The van der Waals surface area contributed by atoms with Gasteiger partial charge in [0.2, 0.25) is 0 Å². The van der Waals surface area contributed by atoms with E-state index in [2.05, 4.69) is 10.2 Å². The van der Waals surface area contributed by atoms with E-state index < -0.39 is 18.3 Å². The Morgan fingerprint density at radius 2 is 1.77 bits per heavy atom. The van der Waals surface area contributed by atoms with E-state index in [1.54, 1.807) is 19.2 Å². The van der Waals surface area contributed by atoms with Crippen molar-refractivity contribution in [2.75, 3.05) is 20.1 Å². The van der Waals surface area contributed by atoms with E-state index >= 15 is 4.39 Å². The number of nitrogens with zero attached hydrogens (tertiary/aromatic N) is 1. The van der Waals surface area contributed by atoms with E-state index in [0.29, 0.717) is 23.1 Å². The normalized spacial score (nSPS) is 22.0. The number of carbonyl (C=O) groups excluding carboxylic acids is 1. The van der Waals surface area contributed by atoms with Gasteiger partial charge >= 0.3 is 7.12 Å². The quantitative estimate of drug-likeness (QED) is 0.834. The number of nitrogens with one attached hydrogen (secondary N) is 1. The molecule has 2 aliphatic heterocycles. The molecule has 1 amide bonds. The number of carbonyl (C=O) groups is 1. The first kappa shape index (κ1) is 19.3. The molecule has 2 aliphatic rings. The number of hydrogen-bond acceptors (Lipinski definition) is 4. The molecule has 1 aromatic carbocycles. The summed E-state index contributed by atoms with van der Waals surface area (Å²) in [5.74, 6) is -0.589. The summed E-state index contributed by atoms with van der Waals surface area (Å²) in [5.41, 5.74) is 0.0919. The van der Waals surface area contributed by atoms with Crippen LogP contribution in [-0.2, 0) is 15.9 Å². The topological polar surface area (TPSA) is 50.8 Å². The molecule has 0 spiro atoms. The average molecular weight is 362 g/mol. The van der Waals surface area contributed by atoms with Crippen molar-refractivity contribution in [2.45, 2.75) is 58.3 Å². The van der Waals surface area contributed by atoms with E-state index in [4.69, 9.17) is 9.31 Å². The van der Waals surface area contributed by atoms with Crippen LogP contribution in [0.25, 0.3) is 0 Å². The van der Waals surface area contributed by atoms with Crippen LogP contribution in [0.1, 0.15) is 56.5 Å². The first-order valence-corrected chi connectivity index (χ1v) is 9.27. The zero-order chi connectivity index (χ0) is 19.1. The number of hydrogen-bond donors (Lipinski definition) is 1. The molecule has 142 valence electrons. The highest BCUT2D eigenvalue weighted by Crippen LogP contribution is 2.37. The van der Waals surface area contributed by atoms with Crippen LogP contribution >= 0.6 is 0 Å². The van der Waals surface area contributed by atoms with Crippen LogP contribution in [-0.4, -0.2) is 49.3 Å². The second-order valence-electron chi connectivity index (χ2n) is 8.19. The van der Waals surface area contributed by atoms with E-state index in [-0.39, 0.29) is 11.7 Å². The highest BCUT2D eigenvalue weighted by atomic mass is 19.1. The van der Waals surface area contributed by atoms with E-state index in [1.165, 1.54) is 0 Å². The maximum atomic E-state index is 15.3. The summed E-state index contributed by atoms with van der Waals surface area (Å²) in [6, 6.07) is 3.19. The lowest BCUT2D eigenvalue weighted by atomic mass is 9.76. The second kappa shape index (κ2) is 6.95. The zero-order valence-corrected chi connectivity index (χ0v) is 16.3. The Morgan fingerprint density at radius 3 is 2.31 bits per heavy atom. The summed E-state index contributed by atoms with van der Waals surface area (Å²) in [7, 11) is 0.738. The van der Waals surface area contributed by atoms with Crippen molar-refractivity contribution in [1.29, 1.82) is 0 Å². The molecule has 2 fully saturated rings. The van der Waals surface area contributed by atoms with Gasteiger partial charge in [-0.05, 0) is 65.8 Å². The number of amides is 1. The van der Waals surface area contributed by atoms with Crippen LogP contribution in [0, 0.1) is 5.82 Å².